The van der Waals surface area contributed by atoms with Gasteiger partial charge < -0.3 is 4.74 Å². The molecule has 2 aromatic carbocycles. The number of hydrogen-bond acceptors (Lipinski definition) is 3. The SMILES string of the molecule is NS(=O)(=O)c1cc(F)cc(F)c1OCc1ccc(Cl)cc1. The van der Waals surface area contributed by atoms with Crippen LogP contribution in [0.15, 0.2) is 41.3 Å². The van der Waals surface area contributed by atoms with Gasteiger partial charge in [-0.15, -0.1) is 0 Å². The molecule has 0 unspecified atom stereocenters. The maximum atomic E-state index is 13.7. The lowest BCUT2D eigenvalue weighted by molar-refractivity contribution is 0.280. The van der Waals surface area contributed by atoms with E-state index in [1.807, 2.05) is 0 Å². The van der Waals surface area contributed by atoms with Crippen LogP contribution in [0.3, 0.4) is 0 Å². The van der Waals surface area contributed by atoms with Crippen LogP contribution in [0, 0.1) is 11.6 Å². The third-order valence-electron chi connectivity index (χ3n) is 2.58. The third-order valence-corrected chi connectivity index (χ3v) is 3.75. The molecule has 0 aromatic heterocycles. The predicted octanol–water partition coefficient (Wildman–Crippen LogP) is 2.84. The molecule has 4 nitrogen and oxygen atoms in total. The molecule has 0 radical (unpaired) electrons. The molecule has 0 aliphatic carbocycles. The molecule has 0 heterocycles. The fraction of sp³-hybridized carbons (Fsp3) is 0.0769. The number of primary sulfonamides is 1. The van der Waals surface area contributed by atoms with Crippen molar-refractivity contribution in [2.45, 2.75) is 11.5 Å². The minimum absolute atomic E-state index is 0.123. The van der Waals surface area contributed by atoms with Crippen LogP contribution in [0.2, 0.25) is 5.02 Å². The van der Waals surface area contributed by atoms with Gasteiger partial charge in [-0.1, -0.05) is 23.7 Å². The predicted molar refractivity (Wildman–Crippen MR) is 73.5 cm³/mol. The van der Waals surface area contributed by atoms with Gasteiger partial charge in [0.1, 0.15) is 17.3 Å². The van der Waals surface area contributed by atoms with Crippen LogP contribution in [0.25, 0.3) is 0 Å². The topological polar surface area (TPSA) is 69.4 Å². The average Bonchev–Trinajstić information content (AvgIpc) is 2.38. The molecule has 0 saturated heterocycles. The maximum absolute atomic E-state index is 13.7. The Kier molecular flexibility index (Phi) is 4.46. The quantitative estimate of drug-likeness (QED) is 0.935. The number of benzene rings is 2. The van der Waals surface area contributed by atoms with E-state index in [-0.39, 0.29) is 6.61 Å². The first-order valence-corrected chi connectivity index (χ1v) is 7.59. The molecule has 0 bridgehead atoms. The van der Waals surface area contributed by atoms with E-state index in [1.54, 1.807) is 24.3 Å². The Hall–Kier alpha value is -1.70. The van der Waals surface area contributed by atoms with Crippen LogP contribution in [-0.2, 0) is 16.6 Å². The first kappa shape index (κ1) is 15.7. The summed E-state index contributed by atoms with van der Waals surface area (Å²) in [7, 11) is -4.32. The van der Waals surface area contributed by atoms with Gasteiger partial charge in [-0.25, -0.2) is 22.3 Å². The number of hydrogen-bond donors (Lipinski definition) is 1. The number of rotatable bonds is 4. The molecular weight excluding hydrogens is 324 g/mol. The van der Waals surface area contributed by atoms with E-state index < -0.39 is 32.3 Å². The Labute approximate surface area is 125 Å². The average molecular weight is 334 g/mol. The van der Waals surface area contributed by atoms with Crippen LogP contribution in [-0.4, -0.2) is 8.42 Å². The van der Waals surface area contributed by atoms with Gasteiger partial charge in [-0.3, -0.25) is 0 Å². The zero-order valence-electron chi connectivity index (χ0n) is 10.5. The van der Waals surface area contributed by atoms with Crippen molar-refractivity contribution in [1.82, 2.24) is 0 Å². The molecule has 21 heavy (non-hydrogen) atoms. The van der Waals surface area contributed by atoms with Crippen LogP contribution < -0.4 is 9.88 Å². The zero-order chi connectivity index (χ0) is 15.6. The Balaban J connectivity index is 2.33. The zero-order valence-corrected chi connectivity index (χ0v) is 12.1. The molecule has 112 valence electrons. The summed E-state index contributed by atoms with van der Waals surface area (Å²) in [4.78, 5) is -0.742. The summed E-state index contributed by atoms with van der Waals surface area (Å²) in [5.74, 6) is -2.82. The Morgan fingerprint density at radius 2 is 1.76 bits per heavy atom. The standard InChI is InChI=1S/C13H10ClF2NO3S/c14-9-3-1-8(2-4-9)7-20-13-11(16)5-10(15)6-12(13)21(17,18)19/h1-6H,7H2,(H2,17,18,19). The highest BCUT2D eigenvalue weighted by Gasteiger charge is 2.21. The first-order chi connectivity index (χ1) is 9.77. The fourth-order valence-electron chi connectivity index (χ4n) is 1.62. The Morgan fingerprint density at radius 1 is 1.14 bits per heavy atom. The number of nitrogens with two attached hydrogens (primary N) is 1. The molecule has 0 spiro atoms. The number of ether oxygens (including phenoxy) is 1. The van der Waals surface area contributed by atoms with Gasteiger partial charge in [0, 0.05) is 11.1 Å². The van der Waals surface area contributed by atoms with E-state index in [0.717, 1.165) is 0 Å². The van der Waals surface area contributed by atoms with Crippen molar-refractivity contribution in [2.75, 3.05) is 0 Å². The van der Waals surface area contributed by atoms with E-state index in [9.17, 15) is 17.2 Å². The van der Waals surface area contributed by atoms with E-state index in [4.69, 9.17) is 21.5 Å². The summed E-state index contributed by atoms with van der Waals surface area (Å²) < 4.78 is 54.7. The summed E-state index contributed by atoms with van der Waals surface area (Å²) in [6.45, 7) is -0.123. The summed E-state index contributed by atoms with van der Waals surface area (Å²) in [6.07, 6.45) is 0. The highest BCUT2D eigenvalue weighted by Crippen LogP contribution is 2.28. The molecule has 0 fully saturated rings. The van der Waals surface area contributed by atoms with E-state index >= 15 is 0 Å². The van der Waals surface area contributed by atoms with Gasteiger partial charge >= 0.3 is 0 Å². The third kappa shape index (κ3) is 3.90. The van der Waals surface area contributed by atoms with Crippen molar-refractivity contribution >= 4 is 21.6 Å². The number of sulfonamides is 1. The molecule has 2 rings (SSSR count). The monoisotopic (exact) mass is 333 g/mol. The lowest BCUT2D eigenvalue weighted by Crippen LogP contribution is -2.15. The molecule has 0 atom stereocenters. The van der Waals surface area contributed by atoms with Crippen LogP contribution in [0.4, 0.5) is 8.78 Å². The molecule has 8 heteroatoms. The summed E-state index contributed by atoms with van der Waals surface area (Å²) in [6, 6.07) is 7.58. The molecule has 0 aliphatic rings. The normalized spacial score (nSPS) is 11.4. The lowest BCUT2D eigenvalue weighted by Gasteiger charge is -2.11. The van der Waals surface area contributed by atoms with Crippen molar-refractivity contribution in [2.24, 2.45) is 5.14 Å². The smallest absolute Gasteiger partial charge is 0.241 e. The van der Waals surface area contributed by atoms with Crippen LogP contribution >= 0.6 is 11.6 Å². The van der Waals surface area contributed by atoms with E-state index in [0.29, 0.717) is 22.7 Å². The minimum atomic E-state index is -4.32. The van der Waals surface area contributed by atoms with E-state index in [2.05, 4.69) is 0 Å². The van der Waals surface area contributed by atoms with Crippen molar-refractivity contribution < 1.29 is 21.9 Å². The summed E-state index contributed by atoms with van der Waals surface area (Å²) in [5.41, 5.74) is 0.628. The maximum Gasteiger partial charge on any atom is 0.241 e. The fourth-order valence-corrected chi connectivity index (χ4v) is 2.44. The van der Waals surface area contributed by atoms with Crippen molar-refractivity contribution in [3.63, 3.8) is 0 Å². The molecule has 0 saturated carbocycles. The van der Waals surface area contributed by atoms with Gasteiger partial charge in [0.2, 0.25) is 10.0 Å². The highest BCUT2D eigenvalue weighted by atomic mass is 35.5. The second-order valence-corrected chi connectivity index (χ2v) is 6.14. The van der Waals surface area contributed by atoms with Crippen molar-refractivity contribution in [1.29, 1.82) is 0 Å². The van der Waals surface area contributed by atoms with Gasteiger partial charge in [0.15, 0.2) is 11.6 Å². The van der Waals surface area contributed by atoms with Crippen LogP contribution in [0.1, 0.15) is 5.56 Å². The molecule has 0 aliphatic heterocycles. The Morgan fingerprint density at radius 3 is 2.33 bits per heavy atom. The second-order valence-electron chi connectivity index (χ2n) is 4.18. The van der Waals surface area contributed by atoms with Crippen molar-refractivity contribution in [3.05, 3.63) is 58.6 Å². The molecule has 0 amide bonds. The summed E-state index contributed by atoms with van der Waals surface area (Å²) >= 11 is 5.72. The minimum Gasteiger partial charge on any atom is -0.484 e. The van der Waals surface area contributed by atoms with Gasteiger partial charge in [0.05, 0.1) is 0 Å². The largest absolute Gasteiger partial charge is 0.484 e. The van der Waals surface area contributed by atoms with Crippen LogP contribution in [0.5, 0.6) is 5.75 Å². The van der Waals surface area contributed by atoms with Gasteiger partial charge in [-0.05, 0) is 23.8 Å². The molecule has 2 N–H and O–H groups in total. The highest BCUT2D eigenvalue weighted by molar-refractivity contribution is 7.89. The molecular formula is C13H10ClF2NO3S. The van der Waals surface area contributed by atoms with Crippen molar-refractivity contribution in [3.8, 4) is 5.75 Å². The molecule has 2 aromatic rings. The Bertz CT molecular complexity index is 764. The lowest BCUT2D eigenvalue weighted by atomic mass is 10.2. The number of halogens is 3. The van der Waals surface area contributed by atoms with Gasteiger partial charge in [-0.2, -0.15) is 0 Å². The first-order valence-electron chi connectivity index (χ1n) is 5.66. The van der Waals surface area contributed by atoms with Gasteiger partial charge in [0.25, 0.3) is 0 Å². The van der Waals surface area contributed by atoms with E-state index in [1.165, 1.54) is 0 Å². The summed E-state index contributed by atoms with van der Waals surface area (Å²) in [5, 5.41) is 5.44. The second kappa shape index (κ2) is 5.97.